The largest absolute Gasteiger partial charge is 0.374 e. The van der Waals surface area contributed by atoms with E-state index < -0.39 is 0 Å². The second-order valence-electron chi connectivity index (χ2n) is 4.71. The highest BCUT2D eigenvalue weighted by atomic mass is 15.1. The number of hydrogen-bond donors (Lipinski definition) is 0. The average Bonchev–Trinajstić information content (AvgIpc) is 2.35. The maximum absolute atomic E-state index is 3.95. The lowest BCUT2D eigenvalue weighted by Crippen LogP contribution is -2.19. The van der Waals surface area contributed by atoms with E-state index in [1.165, 1.54) is 36.9 Å². The van der Waals surface area contributed by atoms with Crippen LogP contribution < -0.4 is 4.90 Å². The third-order valence-electron chi connectivity index (χ3n) is 3.20. The van der Waals surface area contributed by atoms with Crippen LogP contribution in [0.2, 0.25) is 0 Å². The maximum atomic E-state index is 3.95. The molecule has 95 valence electrons. The summed E-state index contributed by atoms with van der Waals surface area (Å²) < 4.78 is 0. The minimum absolute atomic E-state index is 0.973. The number of para-hydroxylation sites is 1. The highest BCUT2D eigenvalue weighted by molar-refractivity contribution is 5.53. The van der Waals surface area contributed by atoms with E-state index in [0.29, 0.717) is 0 Å². The number of aryl methyl sites for hydroxylation is 1. The molecule has 1 heteroatoms. The van der Waals surface area contributed by atoms with Crippen LogP contribution in [-0.2, 0) is 6.42 Å². The molecule has 0 spiro atoms. The van der Waals surface area contributed by atoms with Gasteiger partial charge in [0.15, 0.2) is 0 Å². The van der Waals surface area contributed by atoms with Crippen molar-refractivity contribution in [1.29, 1.82) is 0 Å². The van der Waals surface area contributed by atoms with Crippen LogP contribution in [0.15, 0.2) is 24.3 Å². The zero-order valence-electron chi connectivity index (χ0n) is 11.4. The molecule has 1 rings (SSSR count). The Kier molecular flexibility index (Phi) is 6.76. The average molecular weight is 232 g/mol. The van der Waals surface area contributed by atoms with Gasteiger partial charge in [0.05, 0.1) is 0 Å². The molecular formula is C16H26N. The molecule has 0 aliphatic rings. The topological polar surface area (TPSA) is 3.24 Å². The molecule has 0 heterocycles. The Morgan fingerprint density at radius 3 is 2.59 bits per heavy atom. The standard InChI is InChI=1S/C16H26N/c1-4-6-7-10-14-17(3)16-13-9-8-12-15(16)11-5-2/h8-9,12-13H,2,4-7,10-11,14H2,1,3H3. The van der Waals surface area contributed by atoms with E-state index in [4.69, 9.17) is 0 Å². The first kappa shape index (κ1) is 14.1. The molecule has 1 radical (unpaired) electrons. The van der Waals surface area contributed by atoms with Crippen molar-refractivity contribution in [3.8, 4) is 0 Å². The molecule has 0 bridgehead atoms. The van der Waals surface area contributed by atoms with Gasteiger partial charge in [0.25, 0.3) is 0 Å². The monoisotopic (exact) mass is 232 g/mol. The summed E-state index contributed by atoms with van der Waals surface area (Å²) in [5.41, 5.74) is 2.81. The van der Waals surface area contributed by atoms with Crippen molar-refractivity contribution in [2.24, 2.45) is 0 Å². The van der Waals surface area contributed by atoms with Crippen molar-refractivity contribution >= 4 is 5.69 Å². The van der Waals surface area contributed by atoms with E-state index in [2.05, 4.69) is 50.1 Å². The van der Waals surface area contributed by atoms with Gasteiger partial charge >= 0.3 is 0 Å². The van der Waals surface area contributed by atoms with Gasteiger partial charge in [0.1, 0.15) is 0 Å². The highest BCUT2D eigenvalue weighted by Gasteiger charge is 2.05. The fourth-order valence-corrected chi connectivity index (χ4v) is 2.18. The van der Waals surface area contributed by atoms with Crippen LogP contribution in [0, 0.1) is 6.92 Å². The summed E-state index contributed by atoms with van der Waals surface area (Å²) >= 11 is 0. The van der Waals surface area contributed by atoms with E-state index >= 15 is 0 Å². The lowest BCUT2D eigenvalue weighted by molar-refractivity contribution is 0.660. The van der Waals surface area contributed by atoms with Crippen LogP contribution in [0.25, 0.3) is 0 Å². The molecule has 0 aromatic heterocycles. The quantitative estimate of drug-likeness (QED) is 0.598. The molecule has 0 atom stereocenters. The summed E-state index contributed by atoms with van der Waals surface area (Å²) in [5, 5.41) is 0. The first-order valence-electron chi connectivity index (χ1n) is 6.88. The van der Waals surface area contributed by atoms with Crippen LogP contribution in [0.3, 0.4) is 0 Å². The Morgan fingerprint density at radius 2 is 1.88 bits per heavy atom. The second-order valence-corrected chi connectivity index (χ2v) is 4.71. The molecule has 0 saturated carbocycles. The molecule has 0 aliphatic heterocycles. The molecule has 0 saturated heterocycles. The van der Waals surface area contributed by atoms with Crippen LogP contribution in [0.5, 0.6) is 0 Å². The van der Waals surface area contributed by atoms with Crippen LogP contribution >= 0.6 is 0 Å². The number of hydrogen-bond acceptors (Lipinski definition) is 1. The Labute approximate surface area is 107 Å². The van der Waals surface area contributed by atoms with E-state index in [9.17, 15) is 0 Å². The zero-order chi connectivity index (χ0) is 12.5. The van der Waals surface area contributed by atoms with Crippen molar-refractivity contribution in [2.75, 3.05) is 18.5 Å². The minimum atomic E-state index is 0.973. The summed E-state index contributed by atoms with van der Waals surface area (Å²) in [4.78, 5) is 2.39. The molecule has 17 heavy (non-hydrogen) atoms. The predicted molar refractivity (Wildman–Crippen MR) is 77.5 cm³/mol. The van der Waals surface area contributed by atoms with Gasteiger partial charge in [0, 0.05) is 19.3 Å². The van der Waals surface area contributed by atoms with E-state index in [-0.39, 0.29) is 0 Å². The fourth-order valence-electron chi connectivity index (χ4n) is 2.18. The number of anilines is 1. The summed E-state index contributed by atoms with van der Waals surface area (Å²) in [6, 6.07) is 8.71. The number of nitrogens with zero attached hydrogens (tertiary/aromatic N) is 1. The van der Waals surface area contributed by atoms with E-state index in [0.717, 1.165) is 19.4 Å². The number of unbranched alkanes of at least 4 members (excludes halogenated alkanes) is 3. The molecular weight excluding hydrogens is 206 g/mol. The predicted octanol–water partition coefficient (Wildman–Crippen LogP) is 4.47. The fraction of sp³-hybridized carbons (Fsp3) is 0.562. The molecule has 0 aliphatic carbocycles. The normalized spacial score (nSPS) is 10.5. The SMILES string of the molecule is [CH2]CCc1ccccc1N(C)CCCCCC. The molecule has 1 aromatic rings. The Balaban J connectivity index is 2.52. The summed E-state index contributed by atoms with van der Waals surface area (Å²) in [6.45, 7) is 7.37. The Hall–Kier alpha value is -0.980. The van der Waals surface area contributed by atoms with Crippen molar-refractivity contribution in [1.82, 2.24) is 0 Å². The smallest absolute Gasteiger partial charge is 0.0396 e. The van der Waals surface area contributed by atoms with E-state index in [1.54, 1.807) is 0 Å². The highest BCUT2D eigenvalue weighted by Crippen LogP contribution is 2.21. The van der Waals surface area contributed by atoms with Gasteiger partial charge in [-0.1, -0.05) is 51.3 Å². The van der Waals surface area contributed by atoms with Crippen LogP contribution in [-0.4, -0.2) is 13.6 Å². The van der Waals surface area contributed by atoms with Gasteiger partial charge < -0.3 is 4.90 Å². The van der Waals surface area contributed by atoms with Crippen LogP contribution in [0.4, 0.5) is 5.69 Å². The molecule has 1 aromatic carbocycles. The Morgan fingerprint density at radius 1 is 1.12 bits per heavy atom. The first-order chi connectivity index (χ1) is 8.29. The first-order valence-corrected chi connectivity index (χ1v) is 6.88. The minimum Gasteiger partial charge on any atom is -0.374 e. The van der Waals surface area contributed by atoms with Crippen molar-refractivity contribution in [3.63, 3.8) is 0 Å². The van der Waals surface area contributed by atoms with E-state index in [1.807, 2.05) is 0 Å². The third kappa shape index (κ3) is 4.80. The van der Waals surface area contributed by atoms with Gasteiger partial charge in [-0.3, -0.25) is 0 Å². The molecule has 0 fully saturated rings. The van der Waals surface area contributed by atoms with Crippen molar-refractivity contribution in [3.05, 3.63) is 36.8 Å². The molecule has 0 amide bonds. The molecule has 0 N–H and O–H groups in total. The summed E-state index contributed by atoms with van der Waals surface area (Å²) in [6.07, 6.45) is 7.35. The van der Waals surface area contributed by atoms with Crippen molar-refractivity contribution in [2.45, 2.75) is 45.4 Å². The third-order valence-corrected chi connectivity index (χ3v) is 3.20. The van der Waals surface area contributed by atoms with Crippen molar-refractivity contribution < 1.29 is 0 Å². The molecule has 1 nitrogen and oxygen atoms in total. The van der Waals surface area contributed by atoms with Gasteiger partial charge in [-0.25, -0.2) is 0 Å². The summed E-state index contributed by atoms with van der Waals surface area (Å²) in [5.74, 6) is 0. The Bertz CT molecular complexity index is 306. The van der Waals surface area contributed by atoms with Gasteiger partial charge in [-0.05, 0) is 30.9 Å². The number of rotatable bonds is 8. The van der Waals surface area contributed by atoms with Gasteiger partial charge in [-0.2, -0.15) is 0 Å². The lowest BCUT2D eigenvalue weighted by Gasteiger charge is -2.22. The zero-order valence-corrected chi connectivity index (χ0v) is 11.4. The number of benzene rings is 1. The lowest BCUT2D eigenvalue weighted by atomic mass is 10.1. The van der Waals surface area contributed by atoms with Gasteiger partial charge in [-0.15, -0.1) is 0 Å². The summed E-state index contributed by atoms with van der Waals surface area (Å²) in [7, 11) is 2.20. The van der Waals surface area contributed by atoms with Crippen LogP contribution in [0.1, 0.15) is 44.6 Å². The van der Waals surface area contributed by atoms with Gasteiger partial charge in [0.2, 0.25) is 0 Å². The maximum Gasteiger partial charge on any atom is 0.0396 e. The molecule has 0 unspecified atom stereocenters. The second kappa shape index (κ2) is 8.16.